The molecular weight excluding hydrogens is 140 g/mol. The Morgan fingerprint density at radius 3 is 2.64 bits per heavy atom. The fourth-order valence-corrected chi connectivity index (χ4v) is 0.674. The van der Waals surface area contributed by atoms with E-state index in [1.165, 1.54) is 0 Å². The number of allylic oxidation sites excluding steroid dienone is 1. The Hall–Kier alpha value is -1.03. The Kier molecular flexibility index (Phi) is 2.14. The second-order valence-electron chi connectivity index (χ2n) is 3.43. The van der Waals surface area contributed by atoms with Crippen LogP contribution >= 0.6 is 0 Å². The zero-order chi connectivity index (χ0) is 8.32. The first-order chi connectivity index (χ1) is 5.08. The SMILES string of the molecule is CC(C)(C)NN1N=CC=CN1. The van der Waals surface area contributed by atoms with Crippen molar-refractivity contribution in [3.8, 4) is 0 Å². The molecule has 4 nitrogen and oxygen atoms in total. The van der Waals surface area contributed by atoms with Gasteiger partial charge in [0, 0.05) is 11.7 Å². The van der Waals surface area contributed by atoms with Crippen LogP contribution in [0.1, 0.15) is 20.8 Å². The summed E-state index contributed by atoms with van der Waals surface area (Å²) in [7, 11) is 0. The summed E-state index contributed by atoms with van der Waals surface area (Å²) in [4.78, 5) is 0. The molecule has 0 aliphatic carbocycles. The van der Waals surface area contributed by atoms with Crippen LogP contribution < -0.4 is 10.9 Å². The van der Waals surface area contributed by atoms with Crippen molar-refractivity contribution in [2.24, 2.45) is 5.10 Å². The maximum atomic E-state index is 4.01. The fraction of sp³-hybridized carbons (Fsp3) is 0.571. The summed E-state index contributed by atoms with van der Waals surface area (Å²) in [5, 5.41) is 5.60. The molecular formula is C7H14N4. The predicted octanol–water partition coefficient (Wildman–Crippen LogP) is 0.609. The number of nitrogens with zero attached hydrogens (tertiary/aromatic N) is 2. The van der Waals surface area contributed by atoms with E-state index in [9.17, 15) is 0 Å². The summed E-state index contributed by atoms with van der Waals surface area (Å²) >= 11 is 0. The molecule has 62 valence electrons. The number of rotatable bonds is 1. The molecule has 2 N–H and O–H groups in total. The molecule has 0 spiro atoms. The molecule has 0 saturated carbocycles. The van der Waals surface area contributed by atoms with Crippen LogP contribution in [0.4, 0.5) is 0 Å². The van der Waals surface area contributed by atoms with Crippen LogP contribution in [0, 0.1) is 0 Å². The lowest BCUT2D eigenvalue weighted by molar-refractivity contribution is 0.0919. The third-order valence-electron chi connectivity index (χ3n) is 1.00. The Morgan fingerprint density at radius 2 is 2.18 bits per heavy atom. The zero-order valence-electron chi connectivity index (χ0n) is 7.13. The number of hydrazine groups is 2. The minimum Gasteiger partial charge on any atom is -0.275 e. The minimum atomic E-state index is 0.0233. The standard InChI is InChI=1S/C7H14N4/c1-7(2,3)10-11-8-5-4-6-9-11/h4-6,8,10H,1-3H3. The van der Waals surface area contributed by atoms with Crippen molar-refractivity contribution >= 4 is 6.21 Å². The number of hydrogen-bond acceptors (Lipinski definition) is 4. The molecule has 0 bridgehead atoms. The number of hydrazone groups is 1. The molecule has 1 aliphatic rings. The van der Waals surface area contributed by atoms with E-state index in [-0.39, 0.29) is 5.54 Å². The van der Waals surface area contributed by atoms with Gasteiger partial charge in [-0.25, -0.2) is 0 Å². The summed E-state index contributed by atoms with van der Waals surface area (Å²) in [6, 6.07) is 0. The molecule has 0 saturated heterocycles. The Labute approximate surface area is 66.9 Å². The topological polar surface area (TPSA) is 39.7 Å². The summed E-state index contributed by atoms with van der Waals surface area (Å²) < 4.78 is 0. The van der Waals surface area contributed by atoms with Crippen molar-refractivity contribution in [2.75, 3.05) is 0 Å². The van der Waals surface area contributed by atoms with Gasteiger partial charge in [-0.1, -0.05) is 0 Å². The maximum Gasteiger partial charge on any atom is 0.0522 e. The molecule has 4 heteroatoms. The predicted molar refractivity (Wildman–Crippen MR) is 45.5 cm³/mol. The normalized spacial score (nSPS) is 16.8. The molecule has 0 aromatic rings. The van der Waals surface area contributed by atoms with Crippen molar-refractivity contribution in [2.45, 2.75) is 26.3 Å². The van der Waals surface area contributed by atoms with Gasteiger partial charge in [-0.05, 0) is 26.8 Å². The maximum absolute atomic E-state index is 4.01. The summed E-state index contributed by atoms with van der Waals surface area (Å²) in [5.74, 6) is 0. The first kappa shape index (κ1) is 8.07. The Balaban J connectivity index is 2.39. The monoisotopic (exact) mass is 154 g/mol. The van der Waals surface area contributed by atoms with Crippen LogP contribution in [0.15, 0.2) is 17.4 Å². The van der Waals surface area contributed by atoms with Gasteiger partial charge < -0.3 is 0 Å². The Morgan fingerprint density at radius 1 is 1.45 bits per heavy atom. The quantitative estimate of drug-likeness (QED) is 0.581. The fourth-order valence-electron chi connectivity index (χ4n) is 0.674. The highest BCUT2D eigenvalue weighted by atomic mass is 15.9. The molecule has 1 aliphatic heterocycles. The van der Waals surface area contributed by atoms with Crippen molar-refractivity contribution in [3.63, 3.8) is 0 Å². The molecule has 0 unspecified atom stereocenters. The van der Waals surface area contributed by atoms with Crippen molar-refractivity contribution in [1.82, 2.24) is 16.1 Å². The summed E-state index contributed by atoms with van der Waals surface area (Å²) in [5.41, 5.74) is 6.07. The summed E-state index contributed by atoms with van der Waals surface area (Å²) in [6.07, 6.45) is 5.36. The number of hydrogen-bond donors (Lipinski definition) is 2. The lowest BCUT2D eigenvalue weighted by Gasteiger charge is -2.29. The van der Waals surface area contributed by atoms with Gasteiger partial charge in [-0.15, -0.1) is 10.3 Å². The van der Waals surface area contributed by atoms with Gasteiger partial charge in [-0.2, -0.15) is 5.43 Å². The van der Waals surface area contributed by atoms with Gasteiger partial charge in [0.05, 0.1) is 6.21 Å². The van der Waals surface area contributed by atoms with E-state index < -0.39 is 0 Å². The highest BCUT2D eigenvalue weighted by molar-refractivity contribution is 5.70. The highest BCUT2D eigenvalue weighted by Gasteiger charge is 2.12. The van der Waals surface area contributed by atoms with Gasteiger partial charge in [-0.3, -0.25) is 5.43 Å². The molecule has 0 atom stereocenters. The summed E-state index contributed by atoms with van der Waals surface area (Å²) in [6.45, 7) is 6.22. The third-order valence-corrected chi connectivity index (χ3v) is 1.00. The number of nitrogens with one attached hydrogen (secondary N) is 2. The van der Waals surface area contributed by atoms with E-state index in [0.717, 1.165) is 0 Å². The minimum absolute atomic E-state index is 0.0233. The van der Waals surface area contributed by atoms with Crippen LogP contribution in [0.5, 0.6) is 0 Å². The Bertz CT molecular complexity index is 177. The van der Waals surface area contributed by atoms with Crippen LogP contribution in [0.2, 0.25) is 0 Å². The average Bonchev–Trinajstić information content (AvgIpc) is 1.85. The van der Waals surface area contributed by atoms with Crippen LogP contribution in [0.3, 0.4) is 0 Å². The smallest absolute Gasteiger partial charge is 0.0522 e. The van der Waals surface area contributed by atoms with E-state index in [2.05, 4.69) is 36.7 Å². The lowest BCUT2D eigenvalue weighted by Crippen LogP contribution is -2.51. The van der Waals surface area contributed by atoms with Crippen molar-refractivity contribution < 1.29 is 0 Å². The molecule has 0 aromatic heterocycles. The molecule has 0 radical (unpaired) electrons. The van der Waals surface area contributed by atoms with Gasteiger partial charge in [0.1, 0.15) is 0 Å². The first-order valence-electron chi connectivity index (χ1n) is 3.61. The van der Waals surface area contributed by atoms with E-state index in [4.69, 9.17) is 0 Å². The third kappa shape index (κ3) is 3.04. The van der Waals surface area contributed by atoms with Crippen LogP contribution in [-0.2, 0) is 0 Å². The van der Waals surface area contributed by atoms with E-state index in [0.29, 0.717) is 0 Å². The molecule has 0 fully saturated rings. The van der Waals surface area contributed by atoms with Crippen LogP contribution in [0.25, 0.3) is 0 Å². The lowest BCUT2D eigenvalue weighted by atomic mass is 10.1. The van der Waals surface area contributed by atoms with Gasteiger partial charge in [0.2, 0.25) is 0 Å². The second kappa shape index (κ2) is 2.92. The van der Waals surface area contributed by atoms with Gasteiger partial charge >= 0.3 is 0 Å². The van der Waals surface area contributed by atoms with E-state index in [1.807, 2.05) is 12.3 Å². The second-order valence-corrected chi connectivity index (χ2v) is 3.43. The molecule has 11 heavy (non-hydrogen) atoms. The van der Waals surface area contributed by atoms with E-state index >= 15 is 0 Å². The van der Waals surface area contributed by atoms with Crippen LogP contribution in [-0.4, -0.2) is 17.0 Å². The van der Waals surface area contributed by atoms with E-state index in [1.54, 1.807) is 11.4 Å². The largest absolute Gasteiger partial charge is 0.275 e. The van der Waals surface area contributed by atoms with Gasteiger partial charge in [0.25, 0.3) is 0 Å². The highest BCUT2D eigenvalue weighted by Crippen LogP contribution is 1.99. The molecule has 1 heterocycles. The zero-order valence-corrected chi connectivity index (χ0v) is 7.13. The van der Waals surface area contributed by atoms with Crippen molar-refractivity contribution in [1.29, 1.82) is 0 Å². The van der Waals surface area contributed by atoms with Crippen molar-refractivity contribution in [3.05, 3.63) is 12.3 Å². The average molecular weight is 154 g/mol. The van der Waals surface area contributed by atoms with Gasteiger partial charge in [0.15, 0.2) is 0 Å². The molecule has 1 rings (SSSR count). The first-order valence-corrected chi connectivity index (χ1v) is 3.61. The molecule has 0 aromatic carbocycles. The molecule has 0 amide bonds.